The minimum absolute atomic E-state index is 0.0354. The molecule has 1 aromatic heterocycles. The summed E-state index contributed by atoms with van der Waals surface area (Å²) in [6.45, 7) is 3.83. The SMILES string of the molecule is CCC(C)C(NC(=O)CSc1n[nH]c(-c2cc(Cl)ccc2OC)n1)C(=O)OC. The van der Waals surface area contributed by atoms with Crippen LogP contribution in [0.4, 0.5) is 0 Å². The van der Waals surface area contributed by atoms with Crippen LogP contribution in [0.25, 0.3) is 11.4 Å². The van der Waals surface area contributed by atoms with Gasteiger partial charge in [-0.05, 0) is 24.1 Å². The molecule has 28 heavy (non-hydrogen) atoms. The molecule has 0 saturated heterocycles. The maximum atomic E-state index is 12.2. The van der Waals surface area contributed by atoms with Gasteiger partial charge in [-0.2, -0.15) is 0 Å². The van der Waals surface area contributed by atoms with Gasteiger partial charge in [0.15, 0.2) is 5.82 Å². The van der Waals surface area contributed by atoms with E-state index in [-0.39, 0.29) is 17.6 Å². The van der Waals surface area contributed by atoms with E-state index >= 15 is 0 Å². The molecule has 2 rings (SSSR count). The van der Waals surface area contributed by atoms with Crippen molar-refractivity contribution >= 4 is 35.2 Å². The van der Waals surface area contributed by atoms with Crippen molar-refractivity contribution in [1.82, 2.24) is 20.5 Å². The Morgan fingerprint density at radius 3 is 2.75 bits per heavy atom. The number of ether oxygens (including phenoxy) is 2. The molecule has 0 fully saturated rings. The third-order valence-electron chi connectivity index (χ3n) is 4.20. The van der Waals surface area contributed by atoms with Crippen molar-refractivity contribution < 1.29 is 19.1 Å². The lowest BCUT2D eigenvalue weighted by molar-refractivity contribution is -0.146. The van der Waals surface area contributed by atoms with Crippen molar-refractivity contribution in [1.29, 1.82) is 0 Å². The van der Waals surface area contributed by atoms with Crippen LogP contribution in [0.15, 0.2) is 23.4 Å². The van der Waals surface area contributed by atoms with Crippen LogP contribution in [-0.4, -0.2) is 53.1 Å². The molecular weight excluding hydrogens is 404 g/mol. The zero-order valence-corrected chi connectivity index (χ0v) is 17.7. The minimum Gasteiger partial charge on any atom is -0.496 e. The fraction of sp³-hybridized carbons (Fsp3) is 0.444. The lowest BCUT2D eigenvalue weighted by Gasteiger charge is -2.21. The van der Waals surface area contributed by atoms with Gasteiger partial charge >= 0.3 is 5.97 Å². The zero-order chi connectivity index (χ0) is 20.7. The van der Waals surface area contributed by atoms with Gasteiger partial charge in [0.1, 0.15) is 11.8 Å². The highest BCUT2D eigenvalue weighted by Gasteiger charge is 2.26. The van der Waals surface area contributed by atoms with Gasteiger partial charge in [-0.25, -0.2) is 9.78 Å². The molecular formula is C18H23ClN4O4S. The normalized spacial score (nSPS) is 12.9. The summed E-state index contributed by atoms with van der Waals surface area (Å²) in [4.78, 5) is 28.5. The molecule has 0 aliphatic rings. The summed E-state index contributed by atoms with van der Waals surface area (Å²) in [7, 11) is 2.86. The lowest BCUT2D eigenvalue weighted by Crippen LogP contribution is -2.46. The molecule has 10 heteroatoms. The number of nitrogens with zero attached hydrogens (tertiary/aromatic N) is 2. The second-order valence-corrected chi connectivity index (χ2v) is 7.43. The largest absolute Gasteiger partial charge is 0.496 e. The Kier molecular flexibility index (Phi) is 8.13. The van der Waals surface area contributed by atoms with Gasteiger partial charge in [0.25, 0.3) is 0 Å². The molecule has 2 N–H and O–H groups in total. The number of H-pyrrole nitrogens is 1. The fourth-order valence-corrected chi connectivity index (χ4v) is 3.22. The van der Waals surface area contributed by atoms with Crippen LogP contribution in [-0.2, 0) is 14.3 Å². The van der Waals surface area contributed by atoms with Gasteiger partial charge in [-0.3, -0.25) is 9.89 Å². The number of hydrogen-bond acceptors (Lipinski definition) is 7. The molecule has 1 amide bonds. The number of carbonyl (C=O) groups excluding carboxylic acids is 2. The number of carbonyl (C=O) groups is 2. The summed E-state index contributed by atoms with van der Waals surface area (Å²) in [6, 6.07) is 4.49. The fourth-order valence-electron chi connectivity index (χ4n) is 2.44. The number of halogens is 1. The maximum absolute atomic E-state index is 12.2. The minimum atomic E-state index is -0.679. The van der Waals surface area contributed by atoms with E-state index in [9.17, 15) is 9.59 Å². The number of benzene rings is 1. The smallest absolute Gasteiger partial charge is 0.328 e. The van der Waals surface area contributed by atoms with E-state index in [1.54, 1.807) is 25.3 Å². The maximum Gasteiger partial charge on any atom is 0.328 e. The Hall–Kier alpha value is -2.26. The summed E-state index contributed by atoms with van der Waals surface area (Å²) < 4.78 is 10.1. The third kappa shape index (κ3) is 5.62. The Bertz CT molecular complexity index is 830. The molecule has 0 saturated carbocycles. The standard InChI is InChI=1S/C18H23ClN4O4S/c1-5-10(2)15(17(25)27-4)20-14(24)9-28-18-21-16(22-23-18)12-8-11(19)6-7-13(12)26-3/h6-8,10,15H,5,9H2,1-4H3,(H,20,24)(H,21,22,23). The molecule has 0 radical (unpaired) electrons. The van der Waals surface area contributed by atoms with Gasteiger partial charge < -0.3 is 14.8 Å². The van der Waals surface area contributed by atoms with Crippen LogP contribution >= 0.6 is 23.4 Å². The van der Waals surface area contributed by atoms with Crippen molar-refractivity contribution in [3.63, 3.8) is 0 Å². The van der Waals surface area contributed by atoms with Crippen molar-refractivity contribution in [3.05, 3.63) is 23.2 Å². The Morgan fingerprint density at radius 1 is 1.36 bits per heavy atom. The molecule has 2 aromatic rings. The highest BCUT2D eigenvalue weighted by atomic mass is 35.5. The van der Waals surface area contributed by atoms with Crippen molar-refractivity contribution in [2.75, 3.05) is 20.0 Å². The Morgan fingerprint density at radius 2 is 2.11 bits per heavy atom. The van der Waals surface area contributed by atoms with Crippen LogP contribution in [0, 0.1) is 5.92 Å². The quantitative estimate of drug-likeness (QED) is 0.469. The van der Waals surface area contributed by atoms with Crippen molar-refractivity contribution in [3.8, 4) is 17.1 Å². The van der Waals surface area contributed by atoms with Crippen LogP contribution in [0.5, 0.6) is 5.75 Å². The van der Waals surface area contributed by atoms with Gasteiger partial charge in [0.2, 0.25) is 11.1 Å². The number of aromatic nitrogens is 3. The second-order valence-electron chi connectivity index (χ2n) is 6.05. The third-order valence-corrected chi connectivity index (χ3v) is 5.28. The number of nitrogens with one attached hydrogen (secondary N) is 2. The molecule has 0 bridgehead atoms. The van der Waals surface area contributed by atoms with E-state index in [4.69, 9.17) is 21.1 Å². The van der Waals surface area contributed by atoms with Gasteiger partial charge in [-0.1, -0.05) is 43.6 Å². The number of thioether (sulfide) groups is 1. The molecule has 8 nitrogen and oxygen atoms in total. The highest BCUT2D eigenvalue weighted by molar-refractivity contribution is 7.99. The Balaban J connectivity index is 2.01. The van der Waals surface area contributed by atoms with E-state index in [0.717, 1.165) is 18.2 Å². The first-order valence-corrected chi connectivity index (χ1v) is 10.0. The van der Waals surface area contributed by atoms with Crippen LogP contribution in [0.1, 0.15) is 20.3 Å². The number of rotatable bonds is 9. The number of hydrogen-bond donors (Lipinski definition) is 2. The molecule has 1 aromatic carbocycles. The monoisotopic (exact) mass is 426 g/mol. The first kappa shape index (κ1) is 22.0. The highest BCUT2D eigenvalue weighted by Crippen LogP contribution is 2.31. The molecule has 1 heterocycles. The van der Waals surface area contributed by atoms with Gasteiger partial charge in [0, 0.05) is 5.02 Å². The predicted molar refractivity (Wildman–Crippen MR) is 108 cm³/mol. The summed E-state index contributed by atoms with van der Waals surface area (Å²) >= 11 is 7.19. The molecule has 0 aliphatic carbocycles. The Labute approximate surface area is 172 Å². The predicted octanol–water partition coefficient (Wildman–Crippen LogP) is 2.93. The number of methoxy groups -OCH3 is 2. The summed E-state index contributed by atoms with van der Waals surface area (Å²) in [5, 5.41) is 10.6. The van der Waals surface area contributed by atoms with Gasteiger partial charge in [0.05, 0.1) is 25.5 Å². The molecule has 152 valence electrons. The van der Waals surface area contributed by atoms with Crippen molar-refractivity contribution in [2.45, 2.75) is 31.5 Å². The molecule has 0 spiro atoms. The van der Waals surface area contributed by atoms with Crippen molar-refractivity contribution in [2.24, 2.45) is 5.92 Å². The number of aromatic amines is 1. The van der Waals surface area contributed by atoms with E-state index in [1.807, 2.05) is 13.8 Å². The first-order chi connectivity index (χ1) is 13.4. The molecule has 2 unspecified atom stereocenters. The van der Waals surface area contributed by atoms with E-state index in [1.165, 1.54) is 7.11 Å². The average molecular weight is 427 g/mol. The lowest BCUT2D eigenvalue weighted by atomic mass is 9.99. The number of amides is 1. The first-order valence-electron chi connectivity index (χ1n) is 8.65. The zero-order valence-electron chi connectivity index (χ0n) is 16.1. The van der Waals surface area contributed by atoms with E-state index in [0.29, 0.717) is 27.3 Å². The summed E-state index contributed by atoms with van der Waals surface area (Å²) in [6.07, 6.45) is 0.735. The van der Waals surface area contributed by atoms with Crippen LogP contribution in [0.3, 0.4) is 0 Å². The molecule has 0 aliphatic heterocycles. The average Bonchev–Trinajstić information content (AvgIpc) is 3.18. The summed E-state index contributed by atoms with van der Waals surface area (Å²) in [5.74, 6) is 0.354. The molecule has 2 atom stereocenters. The van der Waals surface area contributed by atoms with E-state index < -0.39 is 12.0 Å². The second kappa shape index (κ2) is 10.3. The summed E-state index contributed by atoms with van der Waals surface area (Å²) in [5.41, 5.74) is 0.668. The van der Waals surface area contributed by atoms with Crippen LogP contribution in [0.2, 0.25) is 5.02 Å². The van der Waals surface area contributed by atoms with Crippen LogP contribution < -0.4 is 10.1 Å². The van der Waals surface area contributed by atoms with Gasteiger partial charge in [-0.15, -0.1) is 5.10 Å². The van der Waals surface area contributed by atoms with E-state index in [2.05, 4.69) is 20.5 Å². The number of esters is 1. The topological polar surface area (TPSA) is 106 Å².